The first-order valence-electron chi connectivity index (χ1n) is 11.8. The van der Waals surface area contributed by atoms with Crippen LogP contribution in [0, 0.1) is 0 Å². The Kier molecular flexibility index (Phi) is 8.22. The molecule has 1 atom stereocenters. The molecule has 176 valence electrons. The lowest BCUT2D eigenvalue weighted by Crippen LogP contribution is -2.47. The second-order valence-corrected chi connectivity index (χ2v) is 8.40. The Hall–Kier alpha value is -3.74. The van der Waals surface area contributed by atoms with Gasteiger partial charge in [0.1, 0.15) is 6.04 Å². The first kappa shape index (κ1) is 23.4. The van der Waals surface area contributed by atoms with Crippen LogP contribution in [-0.4, -0.2) is 52.5 Å². The monoisotopic (exact) mass is 458 g/mol. The van der Waals surface area contributed by atoms with Crippen molar-refractivity contribution >= 4 is 17.8 Å². The van der Waals surface area contributed by atoms with E-state index in [9.17, 15) is 9.59 Å². The van der Waals surface area contributed by atoms with Crippen LogP contribution in [0.4, 0.5) is 5.95 Å². The van der Waals surface area contributed by atoms with Gasteiger partial charge in [0, 0.05) is 32.0 Å². The number of amides is 1. The van der Waals surface area contributed by atoms with Crippen molar-refractivity contribution in [3.63, 3.8) is 0 Å². The zero-order valence-electron chi connectivity index (χ0n) is 19.3. The number of carbonyl (C=O) groups excluding carboxylic acids is 2. The summed E-state index contributed by atoms with van der Waals surface area (Å²) in [6.45, 7) is 1.43. The quantitative estimate of drug-likeness (QED) is 0.456. The second kappa shape index (κ2) is 11.9. The lowest BCUT2D eigenvalue weighted by Gasteiger charge is -2.34. The minimum atomic E-state index is -0.476. The SMILES string of the molecule is O=C(OCC(=O)N(CCc1ccccc1)Cc1ccccc1)C1CCCCN1c1ncccn1. The minimum Gasteiger partial charge on any atom is -0.454 e. The average Bonchev–Trinajstić information content (AvgIpc) is 2.91. The molecule has 1 amide bonds. The Balaban J connectivity index is 1.39. The fraction of sp³-hybridized carbons (Fsp3) is 0.333. The molecule has 0 saturated carbocycles. The van der Waals surface area contributed by atoms with E-state index in [1.54, 1.807) is 23.4 Å². The summed E-state index contributed by atoms with van der Waals surface area (Å²) in [5, 5.41) is 0. The molecule has 34 heavy (non-hydrogen) atoms. The van der Waals surface area contributed by atoms with E-state index in [1.807, 2.05) is 53.4 Å². The van der Waals surface area contributed by atoms with Crippen molar-refractivity contribution in [3.05, 3.63) is 90.3 Å². The number of esters is 1. The molecule has 4 rings (SSSR count). The highest BCUT2D eigenvalue weighted by molar-refractivity contribution is 5.84. The van der Waals surface area contributed by atoms with Crippen LogP contribution in [0.15, 0.2) is 79.1 Å². The van der Waals surface area contributed by atoms with E-state index in [2.05, 4.69) is 22.1 Å². The average molecular weight is 459 g/mol. The summed E-state index contributed by atoms with van der Waals surface area (Å²) >= 11 is 0. The van der Waals surface area contributed by atoms with Crippen LogP contribution in [-0.2, 0) is 27.3 Å². The van der Waals surface area contributed by atoms with Gasteiger partial charge < -0.3 is 14.5 Å². The van der Waals surface area contributed by atoms with Gasteiger partial charge in [-0.3, -0.25) is 4.79 Å². The zero-order chi connectivity index (χ0) is 23.6. The summed E-state index contributed by atoms with van der Waals surface area (Å²) < 4.78 is 5.54. The van der Waals surface area contributed by atoms with E-state index in [-0.39, 0.29) is 12.5 Å². The normalized spacial score (nSPS) is 15.5. The number of hydrogen-bond donors (Lipinski definition) is 0. The molecule has 1 aliphatic rings. The van der Waals surface area contributed by atoms with Crippen LogP contribution in [0.1, 0.15) is 30.4 Å². The molecule has 1 saturated heterocycles. The van der Waals surface area contributed by atoms with Crippen molar-refractivity contribution in [2.75, 3.05) is 24.6 Å². The van der Waals surface area contributed by atoms with Gasteiger partial charge in [-0.05, 0) is 42.9 Å². The maximum absolute atomic E-state index is 13.1. The van der Waals surface area contributed by atoms with Crippen LogP contribution in [0.3, 0.4) is 0 Å². The molecule has 7 nitrogen and oxygen atoms in total. The molecule has 3 aromatic rings. The largest absolute Gasteiger partial charge is 0.454 e. The molecule has 1 aliphatic heterocycles. The standard InChI is InChI=1S/C27H30N4O3/c32-25(21-34-26(33)24-14-7-8-18-31(24)27-28-16-9-17-29-27)30(20-23-12-5-2-6-13-23)19-15-22-10-3-1-4-11-22/h1-6,9-13,16-17,24H,7-8,14-15,18-21H2. The predicted octanol–water partition coefficient (Wildman–Crippen LogP) is 3.65. The van der Waals surface area contributed by atoms with Crippen molar-refractivity contribution in [2.24, 2.45) is 0 Å². The molecule has 1 aromatic heterocycles. The first-order chi connectivity index (χ1) is 16.7. The minimum absolute atomic E-state index is 0.202. The topological polar surface area (TPSA) is 75.6 Å². The van der Waals surface area contributed by atoms with Gasteiger partial charge in [-0.15, -0.1) is 0 Å². The number of ether oxygens (including phenoxy) is 1. The number of benzene rings is 2. The molecule has 0 N–H and O–H groups in total. The third kappa shape index (κ3) is 6.41. The van der Waals surface area contributed by atoms with Crippen molar-refractivity contribution in [1.29, 1.82) is 0 Å². The van der Waals surface area contributed by atoms with Crippen LogP contribution < -0.4 is 4.90 Å². The van der Waals surface area contributed by atoms with Crippen LogP contribution in [0.25, 0.3) is 0 Å². The van der Waals surface area contributed by atoms with E-state index in [4.69, 9.17) is 4.74 Å². The lowest BCUT2D eigenvalue weighted by molar-refractivity contribution is -0.153. The summed E-state index contributed by atoms with van der Waals surface area (Å²) in [6, 6.07) is 21.2. The van der Waals surface area contributed by atoms with Crippen molar-refractivity contribution in [1.82, 2.24) is 14.9 Å². The van der Waals surface area contributed by atoms with Crippen molar-refractivity contribution < 1.29 is 14.3 Å². The summed E-state index contributed by atoms with van der Waals surface area (Å²) in [4.78, 5) is 38.3. The molecule has 1 fully saturated rings. The van der Waals surface area contributed by atoms with E-state index >= 15 is 0 Å². The van der Waals surface area contributed by atoms with E-state index in [1.165, 1.54) is 0 Å². The Morgan fingerprint density at radius 3 is 2.29 bits per heavy atom. The van der Waals surface area contributed by atoms with Gasteiger partial charge in [0.05, 0.1) is 0 Å². The Labute approximate surface area is 200 Å². The van der Waals surface area contributed by atoms with Gasteiger partial charge in [-0.1, -0.05) is 60.7 Å². The molecule has 2 aromatic carbocycles. The highest BCUT2D eigenvalue weighted by Crippen LogP contribution is 2.22. The third-order valence-corrected chi connectivity index (χ3v) is 6.00. The third-order valence-electron chi connectivity index (χ3n) is 6.00. The van der Waals surface area contributed by atoms with Gasteiger partial charge in [0.2, 0.25) is 5.95 Å². The van der Waals surface area contributed by atoms with Gasteiger partial charge in [-0.25, -0.2) is 14.8 Å². The molecule has 1 unspecified atom stereocenters. The van der Waals surface area contributed by atoms with E-state index in [0.29, 0.717) is 32.0 Å². The Bertz CT molecular complexity index is 1050. The number of anilines is 1. The maximum atomic E-state index is 13.1. The molecule has 0 radical (unpaired) electrons. The van der Waals surface area contributed by atoms with Crippen LogP contribution in [0.5, 0.6) is 0 Å². The molecule has 0 bridgehead atoms. The molecular weight excluding hydrogens is 428 g/mol. The highest BCUT2D eigenvalue weighted by Gasteiger charge is 2.32. The zero-order valence-corrected chi connectivity index (χ0v) is 19.3. The number of aromatic nitrogens is 2. The lowest BCUT2D eigenvalue weighted by atomic mass is 10.0. The number of piperidine rings is 1. The summed E-state index contributed by atoms with van der Waals surface area (Å²) in [5.41, 5.74) is 2.20. The fourth-order valence-electron chi connectivity index (χ4n) is 4.18. The van der Waals surface area contributed by atoms with Crippen molar-refractivity contribution in [2.45, 2.75) is 38.3 Å². The van der Waals surface area contributed by atoms with Gasteiger partial charge >= 0.3 is 5.97 Å². The van der Waals surface area contributed by atoms with Gasteiger partial charge in [0.15, 0.2) is 6.61 Å². The van der Waals surface area contributed by atoms with E-state index in [0.717, 1.165) is 30.4 Å². The number of nitrogens with zero attached hydrogens (tertiary/aromatic N) is 4. The second-order valence-electron chi connectivity index (χ2n) is 8.40. The van der Waals surface area contributed by atoms with Gasteiger partial charge in [0.25, 0.3) is 5.91 Å². The van der Waals surface area contributed by atoms with Crippen LogP contribution in [0.2, 0.25) is 0 Å². The molecule has 0 spiro atoms. The maximum Gasteiger partial charge on any atom is 0.329 e. The molecular formula is C27H30N4O3. The van der Waals surface area contributed by atoms with Crippen LogP contribution >= 0.6 is 0 Å². The molecule has 2 heterocycles. The van der Waals surface area contributed by atoms with E-state index < -0.39 is 12.0 Å². The summed E-state index contributed by atoms with van der Waals surface area (Å²) in [5.74, 6) is -0.0845. The van der Waals surface area contributed by atoms with Gasteiger partial charge in [-0.2, -0.15) is 0 Å². The Morgan fingerprint density at radius 1 is 0.912 bits per heavy atom. The first-order valence-corrected chi connectivity index (χ1v) is 11.8. The van der Waals surface area contributed by atoms with Crippen molar-refractivity contribution in [3.8, 4) is 0 Å². The summed E-state index contributed by atoms with van der Waals surface area (Å²) in [7, 11) is 0. The number of hydrogen-bond acceptors (Lipinski definition) is 6. The number of carbonyl (C=O) groups is 2. The Morgan fingerprint density at radius 2 is 1.59 bits per heavy atom. The summed E-state index contributed by atoms with van der Waals surface area (Å²) in [6.07, 6.45) is 6.61. The predicted molar refractivity (Wildman–Crippen MR) is 130 cm³/mol. The fourth-order valence-corrected chi connectivity index (χ4v) is 4.18. The number of rotatable bonds is 9. The smallest absolute Gasteiger partial charge is 0.329 e. The highest BCUT2D eigenvalue weighted by atomic mass is 16.5. The molecule has 0 aliphatic carbocycles. The molecule has 7 heteroatoms.